The average molecular weight is 260 g/mol. The summed E-state index contributed by atoms with van der Waals surface area (Å²) in [5.74, 6) is 2.21. The number of piperidine rings is 1. The van der Waals surface area contributed by atoms with E-state index >= 15 is 0 Å². The largest absolute Gasteiger partial charge is 0.477 e. The molecule has 1 aliphatic carbocycles. The highest BCUT2D eigenvalue weighted by Crippen LogP contribution is 2.37. The molecule has 19 heavy (non-hydrogen) atoms. The summed E-state index contributed by atoms with van der Waals surface area (Å²) < 4.78 is 6.04. The van der Waals surface area contributed by atoms with Gasteiger partial charge in [0.25, 0.3) is 0 Å². The fourth-order valence-corrected chi connectivity index (χ4v) is 3.33. The quantitative estimate of drug-likeness (QED) is 0.903. The third kappa shape index (κ3) is 3.27. The zero-order chi connectivity index (χ0) is 12.9. The van der Waals surface area contributed by atoms with E-state index in [4.69, 9.17) is 4.74 Å². The Morgan fingerprint density at radius 2 is 2.11 bits per heavy atom. The van der Waals surface area contributed by atoms with Crippen LogP contribution in [0.5, 0.6) is 5.88 Å². The molecule has 0 radical (unpaired) electrons. The van der Waals surface area contributed by atoms with E-state index in [1.54, 1.807) is 0 Å². The van der Waals surface area contributed by atoms with Crippen LogP contribution in [0.3, 0.4) is 0 Å². The van der Waals surface area contributed by atoms with Gasteiger partial charge in [0.1, 0.15) is 0 Å². The number of aromatic nitrogens is 1. The van der Waals surface area contributed by atoms with Gasteiger partial charge in [0.15, 0.2) is 0 Å². The first-order valence-electron chi connectivity index (χ1n) is 7.72. The minimum absolute atomic E-state index is 0.646. The maximum atomic E-state index is 6.04. The number of hydrogen-bond donors (Lipinski definition) is 1. The van der Waals surface area contributed by atoms with Gasteiger partial charge in [-0.05, 0) is 44.2 Å². The molecule has 0 amide bonds. The zero-order valence-electron chi connectivity index (χ0n) is 11.6. The molecular weight excluding hydrogens is 236 g/mol. The molecule has 0 aromatic carbocycles. The summed E-state index contributed by atoms with van der Waals surface area (Å²) >= 11 is 0. The van der Waals surface area contributed by atoms with Gasteiger partial charge in [0.2, 0.25) is 5.88 Å². The van der Waals surface area contributed by atoms with Gasteiger partial charge in [-0.2, -0.15) is 0 Å². The number of ether oxygens (including phenoxy) is 1. The lowest BCUT2D eigenvalue weighted by Gasteiger charge is -2.23. The van der Waals surface area contributed by atoms with Crippen molar-refractivity contribution in [3.63, 3.8) is 0 Å². The minimum atomic E-state index is 0.646. The lowest BCUT2D eigenvalue weighted by atomic mass is 9.98. The summed E-state index contributed by atoms with van der Waals surface area (Å²) in [5.41, 5.74) is 1.34. The van der Waals surface area contributed by atoms with Crippen LogP contribution in [0.25, 0.3) is 0 Å². The smallest absolute Gasteiger partial charge is 0.216 e. The van der Waals surface area contributed by atoms with Crippen molar-refractivity contribution in [1.29, 1.82) is 0 Å². The summed E-state index contributed by atoms with van der Waals surface area (Å²) in [4.78, 5) is 4.47. The Labute approximate surface area is 115 Å². The molecule has 3 heteroatoms. The molecule has 2 fully saturated rings. The van der Waals surface area contributed by atoms with Crippen LogP contribution in [0.4, 0.5) is 0 Å². The number of nitrogens with zero attached hydrogens (tertiary/aromatic N) is 1. The summed E-state index contributed by atoms with van der Waals surface area (Å²) in [7, 11) is 0. The number of hydrogen-bond acceptors (Lipinski definition) is 3. The van der Waals surface area contributed by atoms with Crippen LogP contribution in [-0.4, -0.2) is 24.7 Å². The fraction of sp³-hybridized carbons (Fsp3) is 0.688. The molecule has 0 bridgehead atoms. The lowest BCUT2D eigenvalue weighted by molar-refractivity contribution is 0.209. The molecule has 1 saturated carbocycles. The summed E-state index contributed by atoms with van der Waals surface area (Å²) in [6.45, 7) is 3.06. The Hall–Kier alpha value is -1.09. The predicted molar refractivity (Wildman–Crippen MR) is 76.5 cm³/mol. The van der Waals surface area contributed by atoms with Crippen molar-refractivity contribution in [2.75, 3.05) is 19.7 Å². The first kappa shape index (κ1) is 12.9. The first-order valence-corrected chi connectivity index (χ1v) is 7.72. The predicted octanol–water partition coefficient (Wildman–Crippen LogP) is 3.12. The van der Waals surface area contributed by atoms with Gasteiger partial charge in [-0.25, -0.2) is 4.98 Å². The number of nitrogens with one attached hydrogen (secondary N) is 1. The van der Waals surface area contributed by atoms with Crippen molar-refractivity contribution < 1.29 is 4.74 Å². The third-order valence-corrected chi connectivity index (χ3v) is 4.45. The van der Waals surface area contributed by atoms with E-state index in [9.17, 15) is 0 Å². The summed E-state index contributed by atoms with van der Waals surface area (Å²) in [5, 5.41) is 3.44. The number of pyridine rings is 1. The van der Waals surface area contributed by atoms with Crippen molar-refractivity contribution >= 4 is 0 Å². The first-order chi connectivity index (χ1) is 9.43. The molecule has 1 atom stereocenters. The van der Waals surface area contributed by atoms with Gasteiger partial charge in [-0.3, -0.25) is 0 Å². The maximum Gasteiger partial charge on any atom is 0.216 e. The van der Waals surface area contributed by atoms with Crippen LogP contribution >= 0.6 is 0 Å². The van der Waals surface area contributed by atoms with Crippen LogP contribution in [0.15, 0.2) is 18.3 Å². The van der Waals surface area contributed by atoms with Crippen LogP contribution in [0, 0.1) is 5.92 Å². The second-order valence-electron chi connectivity index (χ2n) is 5.90. The second kappa shape index (κ2) is 6.38. The summed E-state index contributed by atoms with van der Waals surface area (Å²) in [6.07, 6.45) is 9.70. The van der Waals surface area contributed by atoms with Crippen LogP contribution in [-0.2, 0) is 0 Å². The molecule has 1 aromatic heterocycles. The van der Waals surface area contributed by atoms with Crippen LogP contribution in [0.1, 0.15) is 50.0 Å². The monoisotopic (exact) mass is 260 g/mol. The molecule has 3 rings (SSSR count). The molecule has 1 aromatic rings. The van der Waals surface area contributed by atoms with E-state index in [0.717, 1.165) is 25.6 Å². The van der Waals surface area contributed by atoms with E-state index < -0.39 is 0 Å². The average Bonchev–Trinajstić information content (AvgIpc) is 3.01. The van der Waals surface area contributed by atoms with Crippen molar-refractivity contribution in [2.24, 2.45) is 5.92 Å². The van der Waals surface area contributed by atoms with Crippen LogP contribution in [0.2, 0.25) is 0 Å². The zero-order valence-corrected chi connectivity index (χ0v) is 11.6. The van der Waals surface area contributed by atoms with Crippen molar-refractivity contribution in [2.45, 2.75) is 44.4 Å². The van der Waals surface area contributed by atoms with Crippen molar-refractivity contribution in [3.8, 4) is 5.88 Å². The fourth-order valence-electron chi connectivity index (χ4n) is 3.33. The summed E-state index contributed by atoms with van der Waals surface area (Å²) in [6, 6.07) is 4.25. The highest BCUT2D eigenvalue weighted by Gasteiger charge is 2.22. The molecule has 3 nitrogen and oxygen atoms in total. The minimum Gasteiger partial charge on any atom is -0.477 e. The van der Waals surface area contributed by atoms with E-state index in [0.29, 0.717) is 11.8 Å². The maximum absolute atomic E-state index is 6.04. The molecule has 1 aliphatic heterocycles. The van der Waals surface area contributed by atoms with Gasteiger partial charge >= 0.3 is 0 Å². The van der Waals surface area contributed by atoms with Crippen LogP contribution < -0.4 is 10.1 Å². The Morgan fingerprint density at radius 3 is 2.89 bits per heavy atom. The normalized spacial score (nSPS) is 24.5. The Balaban J connectivity index is 1.62. The van der Waals surface area contributed by atoms with Crippen molar-refractivity contribution in [1.82, 2.24) is 10.3 Å². The molecule has 2 heterocycles. The molecule has 104 valence electrons. The van der Waals surface area contributed by atoms with Gasteiger partial charge in [0, 0.05) is 24.2 Å². The third-order valence-electron chi connectivity index (χ3n) is 4.45. The highest BCUT2D eigenvalue weighted by atomic mass is 16.5. The van der Waals surface area contributed by atoms with Gasteiger partial charge in [-0.1, -0.05) is 18.9 Å². The van der Waals surface area contributed by atoms with Gasteiger partial charge < -0.3 is 10.1 Å². The Morgan fingerprint density at radius 1 is 1.21 bits per heavy atom. The molecule has 1 N–H and O–H groups in total. The molecule has 0 spiro atoms. The highest BCUT2D eigenvalue weighted by molar-refractivity contribution is 5.30. The molecule has 2 aliphatic rings. The van der Waals surface area contributed by atoms with E-state index in [1.807, 2.05) is 12.3 Å². The van der Waals surface area contributed by atoms with E-state index in [2.05, 4.69) is 16.4 Å². The van der Waals surface area contributed by atoms with Crippen molar-refractivity contribution in [3.05, 3.63) is 23.9 Å². The Kier molecular flexibility index (Phi) is 4.34. The Bertz CT molecular complexity index is 395. The van der Waals surface area contributed by atoms with E-state index in [-0.39, 0.29) is 0 Å². The van der Waals surface area contributed by atoms with E-state index in [1.165, 1.54) is 44.1 Å². The molecule has 1 unspecified atom stereocenters. The molecular formula is C16H24N2O. The van der Waals surface area contributed by atoms with Gasteiger partial charge in [-0.15, -0.1) is 0 Å². The lowest BCUT2D eigenvalue weighted by Crippen LogP contribution is -2.33. The standard InChI is InChI=1S/C16H24N2O/c1-2-7-14(6-1)15-8-4-10-18-16(15)19-12-13-5-3-9-17-11-13/h4,8,10,13-14,17H,1-3,5-7,9,11-12H2. The topological polar surface area (TPSA) is 34.1 Å². The SMILES string of the molecule is c1cnc(OCC2CCCNC2)c(C2CCCC2)c1. The molecule has 1 saturated heterocycles. The van der Waals surface area contributed by atoms with Gasteiger partial charge in [0.05, 0.1) is 6.61 Å². The number of rotatable bonds is 4. The second-order valence-corrected chi connectivity index (χ2v) is 5.90.